The van der Waals surface area contributed by atoms with Crippen molar-refractivity contribution in [3.05, 3.63) is 16.1 Å². The van der Waals surface area contributed by atoms with E-state index in [0.717, 1.165) is 10.7 Å². The molecule has 1 aromatic heterocycles. The number of carbonyl (C=O) groups is 1. The Hall–Kier alpha value is -0.900. The first kappa shape index (κ1) is 11.6. The number of thiazole rings is 1. The highest BCUT2D eigenvalue weighted by Gasteiger charge is 2.63. The molecular weight excluding hydrogens is 222 g/mol. The number of aliphatic carboxylic acids is 1. The Bertz CT molecular complexity index is 422. The van der Waals surface area contributed by atoms with Gasteiger partial charge in [-0.05, 0) is 5.41 Å². The molecule has 0 saturated heterocycles. The number of aromatic nitrogens is 1. The first-order valence-corrected chi connectivity index (χ1v) is 6.41. The summed E-state index contributed by atoms with van der Waals surface area (Å²) >= 11 is 1.64. The fourth-order valence-corrected chi connectivity index (χ4v) is 3.23. The lowest BCUT2D eigenvalue weighted by Crippen LogP contribution is -2.03. The first-order chi connectivity index (χ1) is 7.35. The predicted molar refractivity (Wildman–Crippen MR) is 63.9 cm³/mol. The molecular formula is C12H17NO2S. The average molecular weight is 239 g/mol. The third-order valence-electron chi connectivity index (χ3n) is 3.45. The number of rotatable bonds is 3. The number of nitrogens with zero attached hydrogens (tertiary/aromatic N) is 1. The van der Waals surface area contributed by atoms with Gasteiger partial charge in [0.1, 0.15) is 0 Å². The summed E-state index contributed by atoms with van der Waals surface area (Å²) < 4.78 is 0. The molecule has 2 rings (SSSR count). The summed E-state index contributed by atoms with van der Waals surface area (Å²) in [5.41, 5.74) is 0.819. The number of carboxylic acids is 1. The van der Waals surface area contributed by atoms with Gasteiger partial charge in [-0.3, -0.25) is 4.79 Å². The predicted octanol–water partition coefficient (Wildman–Crippen LogP) is 3.09. The molecule has 0 aliphatic heterocycles. The van der Waals surface area contributed by atoms with E-state index in [-0.39, 0.29) is 17.3 Å². The zero-order valence-electron chi connectivity index (χ0n) is 10.0. The SMILES string of the molecule is CC(C)c1nc([C@@H]2[C@@H](C(=O)O)C2(C)C)cs1. The van der Waals surface area contributed by atoms with Crippen LogP contribution in [0.25, 0.3) is 0 Å². The Balaban J connectivity index is 2.23. The lowest BCUT2D eigenvalue weighted by molar-refractivity contribution is -0.139. The van der Waals surface area contributed by atoms with Crippen LogP contribution in [0, 0.1) is 11.3 Å². The zero-order valence-corrected chi connectivity index (χ0v) is 10.8. The first-order valence-electron chi connectivity index (χ1n) is 5.53. The van der Waals surface area contributed by atoms with Gasteiger partial charge in [-0.15, -0.1) is 11.3 Å². The minimum atomic E-state index is -0.700. The van der Waals surface area contributed by atoms with Crippen LogP contribution in [0.4, 0.5) is 0 Å². The van der Waals surface area contributed by atoms with Gasteiger partial charge in [0.05, 0.1) is 16.6 Å². The molecule has 0 amide bonds. The Morgan fingerprint density at radius 3 is 2.56 bits per heavy atom. The molecule has 3 nitrogen and oxygen atoms in total. The molecule has 1 aliphatic carbocycles. The van der Waals surface area contributed by atoms with Crippen molar-refractivity contribution in [2.75, 3.05) is 0 Å². The molecule has 4 heteroatoms. The van der Waals surface area contributed by atoms with Gasteiger partial charge in [0.15, 0.2) is 0 Å². The van der Waals surface area contributed by atoms with Gasteiger partial charge >= 0.3 is 5.97 Å². The van der Waals surface area contributed by atoms with E-state index in [1.165, 1.54) is 0 Å². The molecule has 1 aliphatic rings. The number of carboxylic acid groups (broad SMARTS) is 1. The Morgan fingerprint density at radius 2 is 2.19 bits per heavy atom. The monoisotopic (exact) mass is 239 g/mol. The molecule has 88 valence electrons. The Labute approximate surface area is 99.5 Å². The van der Waals surface area contributed by atoms with Crippen LogP contribution in [0.1, 0.15) is 50.2 Å². The second kappa shape index (κ2) is 3.55. The molecule has 1 N–H and O–H groups in total. The van der Waals surface area contributed by atoms with E-state index in [2.05, 4.69) is 18.8 Å². The van der Waals surface area contributed by atoms with Crippen LogP contribution in [-0.4, -0.2) is 16.1 Å². The third-order valence-corrected chi connectivity index (χ3v) is 4.61. The van der Waals surface area contributed by atoms with Crippen molar-refractivity contribution in [1.29, 1.82) is 0 Å². The third kappa shape index (κ3) is 1.65. The largest absolute Gasteiger partial charge is 0.481 e. The zero-order chi connectivity index (χ0) is 12.1. The second-order valence-electron chi connectivity index (χ2n) is 5.38. The van der Waals surface area contributed by atoms with E-state index in [0.29, 0.717) is 5.92 Å². The van der Waals surface area contributed by atoms with E-state index in [4.69, 9.17) is 5.11 Å². The number of hydrogen-bond donors (Lipinski definition) is 1. The highest BCUT2D eigenvalue weighted by atomic mass is 32.1. The van der Waals surface area contributed by atoms with Crippen molar-refractivity contribution in [2.24, 2.45) is 11.3 Å². The fourth-order valence-electron chi connectivity index (χ4n) is 2.36. The standard InChI is InChI=1S/C12H17NO2S/c1-6(2)10-13-7(5-16-10)8-9(11(14)15)12(8,3)4/h5-6,8-9H,1-4H3,(H,14,15)/t8-,9+/m1/s1. The summed E-state index contributed by atoms with van der Waals surface area (Å²) in [7, 11) is 0. The van der Waals surface area contributed by atoms with Crippen LogP contribution >= 0.6 is 11.3 Å². The summed E-state index contributed by atoms with van der Waals surface area (Å²) in [5.74, 6) is -0.457. The van der Waals surface area contributed by atoms with Crippen molar-refractivity contribution in [3.8, 4) is 0 Å². The van der Waals surface area contributed by atoms with Crippen LogP contribution in [0.2, 0.25) is 0 Å². The van der Waals surface area contributed by atoms with Gasteiger partial charge < -0.3 is 5.11 Å². The molecule has 1 aromatic rings. The van der Waals surface area contributed by atoms with E-state index in [9.17, 15) is 4.79 Å². The second-order valence-corrected chi connectivity index (χ2v) is 6.27. The lowest BCUT2D eigenvalue weighted by atomic mass is 10.1. The van der Waals surface area contributed by atoms with Crippen molar-refractivity contribution >= 4 is 17.3 Å². The molecule has 2 atom stereocenters. The van der Waals surface area contributed by atoms with Gasteiger partial charge in [-0.1, -0.05) is 27.7 Å². The van der Waals surface area contributed by atoms with E-state index < -0.39 is 5.97 Å². The van der Waals surface area contributed by atoms with E-state index in [1.807, 2.05) is 19.2 Å². The van der Waals surface area contributed by atoms with Crippen molar-refractivity contribution in [1.82, 2.24) is 4.98 Å². The maximum absolute atomic E-state index is 11.1. The molecule has 0 aromatic carbocycles. The van der Waals surface area contributed by atoms with Crippen molar-refractivity contribution < 1.29 is 9.90 Å². The van der Waals surface area contributed by atoms with Gasteiger partial charge in [0.25, 0.3) is 0 Å². The van der Waals surface area contributed by atoms with Gasteiger partial charge in [0.2, 0.25) is 0 Å². The summed E-state index contributed by atoms with van der Waals surface area (Å²) in [5, 5.41) is 12.2. The minimum absolute atomic E-state index is 0.0914. The van der Waals surface area contributed by atoms with Gasteiger partial charge in [-0.25, -0.2) is 4.98 Å². The molecule has 16 heavy (non-hydrogen) atoms. The summed E-state index contributed by atoms with van der Waals surface area (Å²) in [6.45, 7) is 8.22. The summed E-state index contributed by atoms with van der Waals surface area (Å²) in [6.07, 6.45) is 0. The maximum atomic E-state index is 11.1. The van der Waals surface area contributed by atoms with E-state index >= 15 is 0 Å². The topological polar surface area (TPSA) is 50.2 Å². The van der Waals surface area contributed by atoms with Crippen LogP contribution in [-0.2, 0) is 4.79 Å². The molecule has 0 bridgehead atoms. The van der Waals surface area contributed by atoms with E-state index in [1.54, 1.807) is 11.3 Å². The van der Waals surface area contributed by atoms with Crippen LogP contribution in [0.5, 0.6) is 0 Å². The van der Waals surface area contributed by atoms with Crippen LogP contribution in [0.3, 0.4) is 0 Å². The quantitative estimate of drug-likeness (QED) is 0.881. The molecule has 0 unspecified atom stereocenters. The number of hydrogen-bond acceptors (Lipinski definition) is 3. The Kier molecular flexibility index (Phi) is 2.57. The Morgan fingerprint density at radius 1 is 1.56 bits per heavy atom. The lowest BCUT2D eigenvalue weighted by Gasteiger charge is -1.99. The molecule has 1 saturated carbocycles. The minimum Gasteiger partial charge on any atom is -0.481 e. The van der Waals surface area contributed by atoms with Crippen LogP contribution in [0.15, 0.2) is 5.38 Å². The molecule has 1 fully saturated rings. The van der Waals surface area contributed by atoms with Crippen LogP contribution < -0.4 is 0 Å². The van der Waals surface area contributed by atoms with Crippen molar-refractivity contribution in [2.45, 2.75) is 39.5 Å². The summed E-state index contributed by atoms with van der Waals surface area (Å²) in [4.78, 5) is 15.6. The maximum Gasteiger partial charge on any atom is 0.307 e. The molecule has 0 radical (unpaired) electrons. The smallest absolute Gasteiger partial charge is 0.307 e. The van der Waals surface area contributed by atoms with Gasteiger partial charge in [0, 0.05) is 17.2 Å². The normalized spacial score (nSPS) is 27.1. The fraction of sp³-hybridized carbons (Fsp3) is 0.667. The summed E-state index contributed by atoms with van der Waals surface area (Å²) in [6, 6.07) is 0. The van der Waals surface area contributed by atoms with Crippen molar-refractivity contribution in [3.63, 3.8) is 0 Å². The van der Waals surface area contributed by atoms with Gasteiger partial charge in [-0.2, -0.15) is 0 Å². The highest BCUT2D eigenvalue weighted by Crippen LogP contribution is 2.64. The molecule has 0 spiro atoms. The highest BCUT2D eigenvalue weighted by molar-refractivity contribution is 7.09. The molecule has 1 heterocycles. The average Bonchev–Trinajstić information content (AvgIpc) is 2.60.